The van der Waals surface area contributed by atoms with Crippen molar-refractivity contribution < 1.29 is 23.1 Å². The first-order valence-electron chi connectivity index (χ1n) is 11.4. The number of halogens is 3. The van der Waals surface area contributed by atoms with Gasteiger partial charge in [-0.2, -0.15) is 13.2 Å². The van der Waals surface area contributed by atoms with Gasteiger partial charge in [-0.25, -0.2) is 0 Å². The van der Waals surface area contributed by atoms with E-state index >= 15 is 0 Å². The molecule has 0 saturated heterocycles. The molecule has 1 aliphatic carbocycles. The molecule has 1 amide bonds. The van der Waals surface area contributed by atoms with Gasteiger partial charge in [-0.05, 0) is 59.7 Å². The van der Waals surface area contributed by atoms with Crippen molar-refractivity contribution in [3.63, 3.8) is 0 Å². The van der Waals surface area contributed by atoms with Crippen LogP contribution in [0.2, 0.25) is 0 Å². The van der Waals surface area contributed by atoms with Gasteiger partial charge in [0.2, 0.25) is 0 Å². The Hall–Kier alpha value is -3.20. The van der Waals surface area contributed by atoms with Gasteiger partial charge in [-0.1, -0.05) is 25.0 Å². The minimum absolute atomic E-state index is 0.00933. The molecule has 9 heteroatoms. The van der Waals surface area contributed by atoms with Gasteiger partial charge >= 0.3 is 6.18 Å². The lowest BCUT2D eigenvalue weighted by Crippen LogP contribution is -2.24. The molecule has 1 aliphatic heterocycles. The third kappa shape index (κ3) is 3.87. The predicted molar refractivity (Wildman–Crippen MR) is 119 cm³/mol. The Bertz CT molecular complexity index is 1230. The highest BCUT2D eigenvalue weighted by Gasteiger charge is 2.40. The third-order valence-electron chi connectivity index (χ3n) is 7.03. The molecule has 2 heterocycles. The molecular formula is C25H25F3N4O2. The number of aryl methyl sites for hydroxylation is 1. The van der Waals surface area contributed by atoms with Gasteiger partial charge < -0.3 is 14.6 Å². The maximum absolute atomic E-state index is 13.7. The van der Waals surface area contributed by atoms with Crippen LogP contribution in [0.25, 0.3) is 0 Å². The maximum Gasteiger partial charge on any atom is 0.416 e. The van der Waals surface area contributed by atoms with Gasteiger partial charge in [-0.15, -0.1) is 10.2 Å². The maximum atomic E-state index is 13.7. The summed E-state index contributed by atoms with van der Waals surface area (Å²) in [6.07, 6.45) is 1.47. The number of carbonyl (C=O) groups excluding carboxylic acids is 1. The van der Waals surface area contributed by atoms with E-state index in [1.165, 1.54) is 11.0 Å². The first-order valence-corrected chi connectivity index (χ1v) is 11.4. The number of benzene rings is 2. The van der Waals surface area contributed by atoms with Gasteiger partial charge in [0.05, 0.1) is 18.7 Å². The summed E-state index contributed by atoms with van der Waals surface area (Å²) in [6, 6.07) is 9.74. The Labute approximate surface area is 195 Å². The van der Waals surface area contributed by atoms with E-state index in [2.05, 4.69) is 10.2 Å². The molecule has 34 heavy (non-hydrogen) atoms. The second-order valence-corrected chi connectivity index (χ2v) is 9.13. The molecule has 0 bridgehead atoms. The van der Waals surface area contributed by atoms with E-state index in [0.717, 1.165) is 43.1 Å². The van der Waals surface area contributed by atoms with E-state index in [9.17, 15) is 23.1 Å². The molecule has 2 aliphatic rings. The lowest BCUT2D eigenvalue weighted by molar-refractivity contribution is -0.138. The molecule has 178 valence electrons. The first-order chi connectivity index (χ1) is 16.3. The molecule has 0 unspecified atom stereocenters. The number of aromatic nitrogens is 3. The van der Waals surface area contributed by atoms with Crippen molar-refractivity contribution in [3.05, 3.63) is 76.4 Å². The van der Waals surface area contributed by atoms with Crippen LogP contribution in [0.4, 0.5) is 18.9 Å². The largest absolute Gasteiger partial charge is 0.416 e. The number of aliphatic hydroxyl groups is 1. The van der Waals surface area contributed by atoms with E-state index in [1.54, 1.807) is 12.4 Å². The summed E-state index contributed by atoms with van der Waals surface area (Å²) in [4.78, 5) is 14.6. The molecule has 6 nitrogen and oxygen atoms in total. The summed E-state index contributed by atoms with van der Waals surface area (Å²) in [7, 11) is 1.90. The minimum Gasteiger partial charge on any atom is -0.392 e. The standard InChI is InChI=1S/C25H25F3N4O2/c1-31-14-29-30-23(31)22(16-5-2-3-6-16)17-7-4-8-18(11-17)32-12-20-19(24(32)34)9-15(13-33)10-21(20)25(26,27)28/h4,7-11,14,16,22,33H,2-3,5-6,12-13H2,1H3/t22-/m1/s1. The number of amides is 1. The molecule has 2 aromatic carbocycles. The fourth-order valence-corrected chi connectivity index (χ4v) is 5.40. The van der Waals surface area contributed by atoms with Crippen LogP contribution in [-0.2, 0) is 26.4 Å². The Morgan fingerprint density at radius 1 is 1.18 bits per heavy atom. The molecule has 1 fully saturated rings. The van der Waals surface area contributed by atoms with Crippen molar-refractivity contribution in [2.24, 2.45) is 13.0 Å². The number of hydrogen-bond donors (Lipinski definition) is 1. The Kier molecular flexibility index (Phi) is 5.67. The van der Waals surface area contributed by atoms with Crippen LogP contribution in [-0.4, -0.2) is 25.8 Å². The van der Waals surface area contributed by atoms with E-state index in [-0.39, 0.29) is 29.2 Å². The summed E-state index contributed by atoms with van der Waals surface area (Å²) in [5.41, 5.74) is 0.645. The zero-order chi connectivity index (χ0) is 24.0. The number of rotatable bonds is 5. The fourth-order valence-electron chi connectivity index (χ4n) is 5.40. The summed E-state index contributed by atoms with van der Waals surface area (Å²) in [5, 5.41) is 17.8. The lowest BCUT2D eigenvalue weighted by Gasteiger charge is -2.25. The number of nitrogens with zero attached hydrogens (tertiary/aromatic N) is 4. The average Bonchev–Trinajstić information content (AvgIpc) is 3.55. The smallest absolute Gasteiger partial charge is 0.392 e. The highest BCUT2D eigenvalue weighted by Crippen LogP contribution is 2.43. The van der Waals surface area contributed by atoms with Crippen LogP contribution >= 0.6 is 0 Å². The quantitative estimate of drug-likeness (QED) is 0.581. The summed E-state index contributed by atoms with van der Waals surface area (Å²) in [5.74, 6) is 0.714. The molecule has 5 rings (SSSR count). The second-order valence-electron chi connectivity index (χ2n) is 9.13. The highest BCUT2D eigenvalue weighted by atomic mass is 19.4. The van der Waals surface area contributed by atoms with Crippen LogP contribution in [0, 0.1) is 5.92 Å². The van der Waals surface area contributed by atoms with E-state index in [1.807, 2.05) is 29.8 Å². The van der Waals surface area contributed by atoms with Crippen molar-refractivity contribution in [2.75, 3.05) is 4.90 Å². The molecule has 0 spiro atoms. The normalized spacial score (nSPS) is 17.4. The van der Waals surface area contributed by atoms with Gasteiger partial charge in [0, 0.05) is 24.2 Å². The number of aliphatic hydroxyl groups excluding tert-OH is 1. The molecule has 1 atom stereocenters. The van der Waals surface area contributed by atoms with E-state index in [4.69, 9.17) is 0 Å². The van der Waals surface area contributed by atoms with Crippen molar-refractivity contribution in [2.45, 2.75) is 50.9 Å². The predicted octanol–water partition coefficient (Wildman–Crippen LogP) is 4.81. The molecule has 3 aromatic rings. The average molecular weight is 470 g/mol. The van der Waals surface area contributed by atoms with Gasteiger partial charge in [0.25, 0.3) is 5.91 Å². The zero-order valence-corrected chi connectivity index (χ0v) is 18.7. The van der Waals surface area contributed by atoms with Gasteiger partial charge in [0.15, 0.2) is 0 Å². The summed E-state index contributed by atoms with van der Waals surface area (Å²) in [6.45, 7) is -0.740. The van der Waals surface area contributed by atoms with Crippen LogP contribution < -0.4 is 4.90 Å². The van der Waals surface area contributed by atoms with Gasteiger partial charge in [-0.3, -0.25) is 4.79 Å². The third-order valence-corrected chi connectivity index (χ3v) is 7.03. The SMILES string of the molecule is Cn1cnnc1[C@@H](c1cccc(N2Cc3c(cc(CO)cc3C(F)(F)F)C2=O)c1)C1CCCC1. The number of hydrogen-bond acceptors (Lipinski definition) is 4. The fraction of sp³-hybridized carbons (Fsp3) is 0.400. The highest BCUT2D eigenvalue weighted by molar-refractivity contribution is 6.10. The van der Waals surface area contributed by atoms with Gasteiger partial charge in [0.1, 0.15) is 12.2 Å². The number of fused-ring (bicyclic) bond motifs is 1. The molecule has 1 N–H and O–H groups in total. The topological polar surface area (TPSA) is 71.2 Å². The molecular weight excluding hydrogens is 445 g/mol. The summed E-state index contributed by atoms with van der Waals surface area (Å²) >= 11 is 0. The van der Waals surface area contributed by atoms with Crippen LogP contribution in [0.15, 0.2) is 42.7 Å². The van der Waals surface area contributed by atoms with Crippen molar-refractivity contribution in [1.29, 1.82) is 0 Å². The first kappa shape index (κ1) is 22.6. The lowest BCUT2D eigenvalue weighted by atomic mass is 9.84. The monoisotopic (exact) mass is 470 g/mol. The van der Waals surface area contributed by atoms with E-state index < -0.39 is 24.3 Å². The number of anilines is 1. The number of alkyl halides is 3. The second kappa shape index (κ2) is 8.54. The molecule has 1 saturated carbocycles. The zero-order valence-electron chi connectivity index (χ0n) is 18.7. The number of carbonyl (C=O) groups is 1. The Balaban J connectivity index is 1.54. The van der Waals surface area contributed by atoms with Crippen molar-refractivity contribution in [3.8, 4) is 0 Å². The summed E-state index contributed by atoms with van der Waals surface area (Å²) < 4.78 is 43.1. The van der Waals surface area contributed by atoms with Crippen molar-refractivity contribution >= 4 is 11.6 Å². The van der Waals surface area contributed by atoms with Crippen LogP contribution in [0.5, 0.6) is 0 Å². The molecule has 1 aromatic heterocycles. The minimum atomic E-state index is -4.62. The Morgan fingerprint density at radius 2 is 1.94 bits per heavy atom. The van der Waals surface area contributed by atoms with E-state index in [0.29, 0.717) is 11.6 Å². The van der Waals surface area contributed by atoms with Crippen LogP contribution in [0.1, 0.15) is 70.0 Å². The Morgan fingerprint density at radius 3 is 2.59 bits per heavy atom. The van der Waals surface area contributed by atoms with Crippen molar-refractivity contribution in [1.82, 2.24) is 14.8 Å². The molecule has 0 radical (unpaired) electrons. The van der Waals surface area contributed by atoms with Crippen LogP contribution in [0.3, 0.4) is 0 Å².